The summed E-state index contributed by atoms with van der Waals surface area (Å²) < 4.78 is 29.4. The van der Waals surface area contributed by atoms with Crippen LogP contribution in [0.15, 0.2) is 18.2 Å². The summed E-state index contributed by atoms with van der Waals surface area (Å²) in [7, 11) is 1.50. The van der Waals surface area contributed by atoms with Gasteiger partial charge in [0.15, 0.2) is 0 Å². The number of rotatable bonds is 4. The molecule has 0 aliphatic carbocycles. The first-order chi connectivity index (χ1) is 7.95. The van der Waals surface area contributed by atoms with Crippen molar-refractivity contribution in [2.45, 2.75) is 26.3 Å². The zero-order chi connectivity index (χ0) is 13.0. The molecule has 3 nitrogen and oxygen atoms in total. The molecule has 94 valence electrons. The number of aryl methyl sites for hydroxylation is 1. The Morgan fingerprint density at radius 3 is 2.59 bits per heavy atom. The molecule has 0 fully saturated rings. The monoisotopic (exact) mass is 243 g/mol. The summed E-state index contributed by atoms with van der Waals surface area (Å²) in [5.41, 5.74) is 1.65. The van der Waals surface area contributed by atoms with Crippen LogP contribution in [-0.2, 0) is 4.79 Å². The fourth-order valence-corrected chi connectivity index (χ4v) is 1.55. The highest BCUT2D eigenvalue weighted by atomic mass is 19.3. The van der Waals surface area contributed by atoms with Crippen molar-refractivity contribution in [2.24, 2.45) is 0 Å². The van der Waals surface area contributed by atoms with Crippen LogP contribution in [0.5, 0.6) is 5.75 Å². The molecule has 5 heteroatoms. The van der Waals surface area contributed by atoms with Gasteiger partial charge in [0.1, 0.15) is 5.75 Å². The number of alkyl halides is 2. The fourth-order valence-electron chi connectivity index (χ4n) is 1.55. The minimum atomic E-state index is -3.01. The summed E-state index contributed by atoms with van der Waals surface area (Å²) in [5, 5.41) is 2.23. The molecule has 1 unspecified atom stereocenters. The SMILES string of the molecule is COc1ccc(C)cc1C(C)NC(=O)C(F)F. The number of carbonyl (C=O) groups excluding carboxylic acids is 1. The van der Waals surface area contributed by atoms with E-state index in [0.29, 0.717) is 11.3 Å². The third-order valence-electron chi connectivity index (χ3n) is 2.41. The van der Waals surface area contributed by atoms with Crippen molar-refractivity contribution < 1.29 is 18.3 Å². The molecule has 1 aromatic rings. The Hall–Kier alpha value is -1.65. The van der Waals surface area contributed by atoms with Gasteiger partial charge >= 0.3 is 6.43 Å². The first-order valence-corrected chi connectivity index (χ1v) is 5.18. The molecule has 0 bridgehead atoms. The fraction of sp³-hybridized carbons (Fsp3) is 0.417. The molecule has 0 heterocycles. The number of benzene rings is 1. The predicted octanol–water partition coefficient (Wildman–Crippen LogP) is 2.45. The van der Waals surface area contributed by atoms with Gasteiger partial charge in [0.25, 0.3) is 5.91 Å². The lowest BCUT2D eigenvalue weighted by Gasteiger charge is -2.17. The molecule has 1 atom stereocenters. The number of nitrogens with one attached hydrogen (secondary N) is 1. The van der Waals surface area contributed by atoms with Gasteiger partial charge in [-0.2, -0.15) is 8.78 Å². The molecule has 0 saturated carbocycles. The van der Waals surface area contributed by atoms with E-state index in [2.05, 4.69) is 5.32 Å². The molecular weight excluding hydrogens is 228 g/mol. The summed E-state index contributed by atoms with van der Waals surface area (Å²) in [6.07, 6.45) is -3.01. The third-order valence-corrected chi connectivity index (χ3v) is 2.41. The van der Waals surface area contributed by atoms with Gasteiger partial charge in [-0.3, -0.25) is 4.79 Å². The largest absolute Gasteiger partial charge is 0.496 e. The number of carbonyl (C=O) groups is 1. The molecule has 0 spiro atoms. The summed E-state index contributed by atoms with van der Waals surface area (Å²) >= 11 is 0. The van der Waals surface area contributed by atoms with E-state index in [1.54, 1.807) is 19.1 Å². The zero-order valence-corrected chi connectivity index (χ0v) is 9.96. The van der Waals surface area contributed by atoms with Crippen molar-refractivity contribution >= 4 is 5.91 Å². The molecule has 0 saturated heterocycles. The number of methoxy groups -OCH3 is 1. The van der Waals surface area contributed by atoms with Crippen molar-refractivity contribution in [2.75, 3.05) is 7.11 Å². The molecule has 0 aliphatic heterocycles. The average Bonchev–Trinajstić information content (AvgIpc) is 2.28. The normalized spacial score (nSPS) is 12.4. The van der Waals surface area contributed by atoms with E-state index in [9.17, 15) is 13.6 Å². The van der Waals surface area contributed by atoms with E-state index in [4.69, 9.17) is 4.74 Å². The molecule has 1 rings (SSSR count). The van der Waals surface area contributed by atoms with Crippen molar-refractivity contribution in [1.29, 1.82) is 0 Å². The molecule has 17 heavy (non-hydrogen) atoms. The lowest BCUT2D eigenvalue weighted by molar-refractivity contribution is -0.132. The van der Waals surface area contributed by atoms with Gasteiger partial charge in [-0.25, -0.2) is 0 Å². The van der Waals surface area contributed by atoms with Crippen LogP contribution >= 0.6 is 0 Å². The second-order valence-corrected chi connectivity index (χ2v) is 3.78. The quantitative estimate of drug-likeness (QED) is 0.882. The predicted molar refractivity (Wildman–Crippen MR) is 60.3 cm³/mol. The number of hydrogen-bond acceptors (Lipinski definition) is 2. The number of ether oxygens (including phenoxy) is 1. The molecule has 0 aromatic heterocycles. The van der Waals surface area contributed by atoms with Crippen molar-refractivity contribution in [3.05, 3.63) is 29.3 Å². The lowest BCUT2D eigenvalue weighted by atomic mass is 10.0. The van der Waals surface area contributed by atoms with E-state index < -0.39 is 18.4 Å². The van der Waals surface area contributed by atoms with Gasteiger partial charge in [-0.1, -0.05) is 17.7 Å². The van der Waals surface area contributed by atoms with Gasteiger partial charge < -0.3 is 10.1 Å². The summed E-state index contributed by atoms with van der Waals surface area (Å²) in [6.45, 7) is 3.52. The van der Waals surface area contributed by atoms with E-state index in [0.717, 1.165) is 5.56 Å². The van der Waals surface area contributed by atoms with Gasteiger partial charge in [-0.15, -0.1) is 0 Å². The molecule has 1 amide bonds. The highest BCUT2D eigenvalue weighted by Gasteiger charge is 2.20. The smallest absolute Gasteiger partial charge is 0.315 e. The molecule has 1 aromatic carbocycles. The Labute approximate surface area is 98.8 Å². The van der Waals surface area contributed by atoms with Crippen LogP contribution in [0, 0.1) is 6.92 Å². The Morgan fingerprint density at radius 2 is 2.06 bits per heavy atom. The van der Waals surface area contributed by atoms with Gasteiger partial charge in [0.2, 0.25) is 0 Å². The highest BCUT2D eigenvalue weighted by molar-refractivity contribution is 5.79. The van der Waals surface area contributed by atoms with E-state index in [-0.39, 0.29) is 0 Å². The van der Waals surface area contributed by atoms with Gasteiger partial charge in [0, 0.05) is 5.56 Å². The highest BCUT2D eigenvalue weighted by Crippen LogP contribution is 2.26. The molecule has 0 aliphatic rings. The summed E-state index contributed by atoms with van der Waals surface area (Å²) in [5.74, 6) is -0.710. The number of hydrogen-bond donors (Lipinski definition) is 1. The minimum Gasteiger partial charge on any atom is -0.496 e. The van der Waals surface area contributed by atoms with Crippen LogP contribution in [0.2, 0.25) is 0 Å². The molecule has 1 N–H and O–H groups in total. The maximum absolute atomic E-state index is 12.1. The number of halogens is 2. The van der Waals surface area contributed by atoms with Gasteiger partial charge in [-0.05, 0) is 19.9 Å². The van der Waals surface area contributed by atoms with Crippen molar-refractivity contribution in [3.8, 4) is 5.75 Å². The summed E-state index contributed by atoms with van der Waals surface area (Å²) in [4.78, 5) is 10.9. The Kier molecular flexibility index (Phi) is 4.43. The molecular formula is C12H15F2NO2. The molecule has 0 radical (unpaired) electrons. The first kappa shape index (κ1) is 13.4. The maximum Gasteiger partial charge on any atom is 0.315 e. The van der Waals surface area contributed by atoms with Crippen LogP contribution in [0.25, 0.3) is 0 Å². The Morgan fingerprint density at radius 1 is 1.41 bits per heavy atom. The second-order valence-electron chi connectivity index (χ2n) is 3.78. The maximum atomic E-state index is 12.1. The van der Waals surface area contributed by atoms with Crippen molar-refractivity contribution in [3.63, 3.8) is 0 Å². The van der Waals surface area contributed by atoms with Crippen LogP contribution in [0.4, 0.5) is 8.78 Å². The summed E-state index contributed by atoms with van der Waals surface area (Å²) in [6, 6.07) is 4.88. The zero-order valence-electron chi connectivity index (χ0n) is 9.96. The van der Waals surface area contributed by atoms with Crippen LogP contribution in [0.3, 0.4) is 0 Å². The second kappa shape index (κ2) is 5.61. The average molecular weight is 243 g/mol. The van der Waals surface area contributed by atoms with Crippen LogP contribution in [0.1, 0.15) is 24.1 Å². The van der Waals surface area contributed by atoms with E-state index in [1.807, 2.05) is 13.0 Å². The Bertz CT molecular complexity index is 407. The first-order valence-electron chi connectivity index (χ1n) is 5.18. The number of amides is 1. The van der Waals surface area contributed by atoms with E-state index in [1.165, 1.54) is 7.11 Å². The van der Waals surface area contributed by atoms with Crippen LogP contribution in [-0.4, -0.2) is 19.4 Å². The Balaban J connectivity index is 2.91. The van der Waals surface area contributed by atoms with E-state index >= 15 is 0 Å². The van der Waals surface area contributed by atoms with Crippen LogP contribution < -0.4 is 10.1 Å². The third kappa shape index (κ3) is 3.41. The lowest BCUT2D eigenvalue weighted by Crippen LogP contribution is -2.32. The van der Waals surface area contributed by atoms with Gasteiger partial charge in [0.05, 0.1) is 13.2 Å². The minimum absolute atomic E-state index is 0.522. The van der Waals surface area contributed by atoms with Crippen molar-refractivity contribution in [1.82, 2.24) is 5.32 Å². The standard InChI is InChI=1S/C12H15F2NO2/c1-7-4-5-10(17-3)9(6-7)8(2)15-12(16)11(13)14/h4-6,8,11H,1-3H3,(H,15,16). The topological polar surface area (TPSA) is 38.3 Å².